The van der Waals surface area contributed by atoms with Gasteiger partial charge in [0.1, 0.15) is 67.1 Å². The van der Waals surface area contributed by atoms with Gasteiger partial charge in [0, 0.05) is 70.7 Å². The van der Waals surface area contributed by atoms with E-state index in [0.29, 0.717) is 23.4 Å². The Kier molecular flexibility index (Phi) is 19.4. The second kappa shape index (κ2) is 25.6. The van der Waals surface area contributed by atoms with Crippen molar-refractivity contribution in [1.29, 1.82) is 0 Å². The number of H-pyrrole nitrogens is 2. The van der Waals surface area contributed by atoms with Crippen molar-refractivity contribution in [3.05, 3.63) is 68.8 Å². The minimum Gasteiger partial charge on any atom is -0.481 e. The van der Waals surface area contributed by atoms with Gasteiger partial charge in [-0.25, -0.2) is 9.78 Å². The van der Waals surface area contributed by atoms with E-state index in [1.165, 1.54) is 0 Å². The van der Waals surface area contributed by atoms with E-state index < -0.39 is 146 Å². The van der Waals surface area contributed by atoms with Crippen LogP contribution in [0.25, 0.3) is 33.2 Å². The number of carboxylic acids is 2. The number of allylic oxidation sites excluding steroid dienone is 1. The highest BCUT2D eigenvalue weighted by Crippen LogP contribution is 2.44. The van der Waals surface area contributed by atoms with Crippen LogP contribution in [0.5, 0.6) is 0 Å². The molecule has 3 aromatic heterocycles. The van der Waals surface area contributed by atoms with Crippen LogP contribution in [0.3, 0.4) is 0 Å². The summed E-state index contributed by atoms with van der Waals surface area (Å²) in [6.07, 6.45) is -22.0. The molecule has 27 nitrogen and oxygen atoms in total. The number of aliphatic hydroxyl groups excluding tert-OH is 8. The normalized spacial score (nSPS) is 31.6. The fourth-order valence-corrected chi connectivity index (χ4v) is 11.7. The number of carboxylic acid groups (broad SMARTS) is 2. The van der Waals surface area contributed by atoms with E-state index in [1.807, 2.05) is 46.8 Å². The van der Waals surface area contributed by atoms with Crippen molar-refractivity contribution in [3.63, 3.8) is 0 Å². The average molecular weight is 1150 g/mol. The van der Waals surface area contributed by atoms with Gasteiger partial charge in [-0.15, -0.1) is 0 Å². The minimum absolute atomic E-state index is 0.0471. The molecule has 15 unspecified atom stereocenters. The summed E-state index contributed by atoms with van der Waals surface area (Å²) in [5.74, 6) is -5.14. The summed E-state index contributed by atoms with van der Waals surface area (Å²) >= 11 is 0. The monoisotopic (exact) mass is 1150 g/mol. The lowest BCUT2D eigenvalue weighted by Gasteiger charge is -2.49. The number of aliphatic carboxylic acids is 2. The Morgan fingerprint density at radius 1 is 0.793 bits per heavy atom. The summed E-state index contributed by atoms with van der Waals surface area (Å²) < 4.78 is 23.1. The van der Waals surface area contributed by atoms with E-state index in [0.717, 1.165) is 44.3 Å². The highest BCUT2D eigenvalue weighted by Gasteiger charge is 2.53. The second-order valence-electron chi connectivity index (χ2n) is 22.0. The molecule has 3 fully saturated rings. The lowest BCUT2D eigenvalue weighted by Crippen LogP contribution is -2.69. The van der Waals surface area contributed by atoms with Crippen LogP contribution < -0.4 is 27.8 Å². The van der Waals surface area contributed by atoms with Crippen LogP contribution in [0.15, 0.2) is 18.2 Å². The number of hydrogen-bond acceptors (Lipinski definition) is 21. The van der Waals surface area contributed by atoms with E-state index in [2.05, 4.69) is 20.6 Å². The summed E-state index contributed by atoms with van der Waals surface area (Å²) in [7, 11) is 0. The Morgan fingerprint density at radius 3 is 2.07 bits per heavy atom. The highest BCUT2D eigenvalue weighted by molar-refractivity contribution is 6.24. The quantitative estimate of drug-likeness (QED) is 0.0646. The third-order valence-corrected chi connectivity index (χ3v) is 16.8. The molecule has 2 saturated heterocycles. The van der Waals surface area contributed by atoms with Gasteiger partial charge in [-0.1, -0.05) is 13.8 Å². The number of amides is 2. The van der Waals surface area contributed by atoms with E-state index in [-0.39, 0.29) is 61.3 Å². The zero-order chi connectivity index (χ0) is 59.9. The molecule has 82 heavy (non-hydrogen) atoms. The molecule has 1 aliphatic carbocycles. The molecule has 450 valence electrons. The number of nitrogens with zero attached hydrogens (tertiary/aromatic N) is 2. The van der Waals surface area contributed by atoms with Crippen LogP contribution >= 0.6 is 0 Å². The molecule has 8 bridgehead atoms. The number of hydrogen-bond donors (Lipinski definition) is 17. The standard InChI is InChI=1S/C55H77N9O18/c1-7-24-21(4)30-14-28-19(2)20(3)29(60-28)15-31-22(5)25(42(62-31)26(12-39(68)69)43-40(53(77)78)23(6)32(63-43)16-33(24)61-30)8-9-38(67)59-11-10-35(66)52(76)64-34-13-27(57)50(81-55-48(74)47(73)45(71)36(17-56)79-55)49(75)51(34)82-54-46(72)41(58)44(70)37(18-65)80-54/h14-16,22,25,27,34-37,41,44-51,54-55,60-61,65-66,70-75H,7-13,17-18,56-58H2,1-6H3,(H,59,67)(H,64,76)(H,68,69)(H,77,78)/t22-,25-,27?,34?,35+,36?,37?,41?,44?,45?,46?,47?,48?,49?,50?,51?,54?,55?/m0/s1. The number of fused-ring (bicyclic) bond motifs is 8. The summed E-state index contributed by atoms with van der Waals surface area (Å²) in [5.41, 5.74) is 26.6. The number of aromatic amines is 2. The van der Waals surface area contributed by atoms with Crippen molar-refractivity contribution in [2.24, 2.45) is 17.2 Å². The summed E-state index contributed by atoms with van der Waals surface area (Å²) in [5, 5.41) is 112. The third-order valence-electron chi connectivity index (χ3n) is 16.8. The van der Waals surface area contributed by atoms with E-state index in [4.69, 9.17) is 46.1 Å². The van der Waals surface area contributed by atoms with Crippen LogP contribution in [0.1, 0.15) is 109 Å². The predicted octanol–water partition coefficient (Wildman–Crippen LogP) is -2.14. The second-order valence-corrected chi connectivity index (χ2v) is 22.0. The van der Waals surface area contributed by atoms with E-state index in [9.17, 15) is 70.2 Å². The number of nitrogens with one attached hydrogen (secondary N) is 4. The first-order valence-electron chi connectivity index (χ1n) is 27.5. The van der Waals surface area contributed by atoms with Crippen molar-refractivity contribution in [2.75, 3.05) is 19.7 Å². The van der Waals surface area contributed by atoms with Crippen molar-refractivity contribution in [3.8, 4) is 0 Å². The van der Waals surface area contributed by atoms with Gasteiger partial charge in [0.2, 0.25) is 11.8 Å². The molecule has 2 amide bonds. The SMILES string of the molecule is CCc1c(C)c2cc3[nH]c(cc4nc(c(CC(=O)O)c5nc(cc1[nH]2)C(C)=C5C(=O)O)[C@@H](CCC(=O)NCC[C@@H](O)C(=O)NC1CC(N)C(OC2OC(CN)C(O)C(O)C2O)C(O)C1OC1OC(CO)C(O)C(N)C1O)[C@@H]4C)c(C)c3C. The van der Waals surface area contributed by atoms with Gasteiger partial charge in [0.05, 0.1) is 47.8 Å². The van der Waals surface area contributed by atoms with Crippen molar-refractivity contribution >= 4 is 57.0 Å². The van der Waals surface area contributed by atoms with Crippen LogP contribution in [0.2, 0.25) is 0 Å². The number of aromatic nitrogens is 4. The molecule has 7 heterocycles. The maximum absolute atomic E-state index is 13.7. The summed E-state index contributed by atoms with van der Waals surface area (Å²) in [6, 6.07) is 1.77. The van der Waals surface area contributed by atoms with Gasteiger partial charge >= 0.3 is 11.9 Å². The molecule has 5 aliphatic rings. The fraction of sp³-hybridized carbons (Fsp3) is 0.600. The lowest BCUT2D eigenvalue weighted by molar-refractivity contribution is -0.332. The number of carbonyl (C=O) groups is 4. The molecule has 20 N–H and O–H groups in total. The van der Waals surface area contributed by atoms with Gasteiger partial charge in [-0.3, -0.25) is 19.4 Å². The van der Waals surface area contributed by atoms with Gasteiger partial charge in [-0.05, 0) is 99.4 Å². The Balaban J connectivity index is 1.01. The van der Waals surface area contributed by atoms with Crippen molar-refractivity contribution in [2.45, 2.75) is 190 Å². The van der Waals surface area contributed by atoms with Gasteiger partial charge in [0.25, 0.3) is 0 Å². The molecular formula is C55H77N9O18. The molecule has 8 rings (SSSR count). The van der Waals surface area contributed by atoms with Crippen molar-refractivity contribution in [1.82, 2.24) is 30.6 Å². The Labute approximate surface area is 470 Å². The summed E-state index contributed by atoms with van der Waals surface area (Å²) in [6.45, 7) is 10.2. The zero-order valence-corrected chi connectivity index (χ0v) is 46.4. The molecule has 27 heteroatoms. The van der Waals surface area contributed by atoms with Crippen molar-refractivity contribution < 1.29 is 89.2 Å². The first-order chi connectivity index (χ1) is 38.8. The van der Waals surface area contributed by atoms with Crippen LogP contribution in [0.4, 0.5) is 0 Å². The molecule has 18 atom stereocenters. The van der Waals surface area contributed by atoms with E-state index >= 15 is 0 Å². The maximum atomic E-state index is 13.7. The van der Waals surface area contributed by atoms with Gasteiger partial charge < -0.3 is 108 Å². The van der Waals surface area contributed by atoms with Crippen LogP contribution in [0, 0.1) is 20.8 Å². The average Bonchev–Trinajstić information content (AvgIpc) is 4.28. The lowest BCUT2D eigenvalue weighted by atomic mass is 9.83. The zero-order valence-electron chi connectivity index (χ0n) is 46.4. The largest absolute Gasteiger partial charge is 0.481 e. The smallest absolute Gasteiger partial charge is 0.338 e. The summed E-state index contributed by atoms with van der Waals surface area (Å²) in [4.78, 5) is 70.2. The highest BCUT2D eigenvalue weighted by atomic mass is 16.7. The topological polar surface area (TPSA) is 467 Å². The van der Waals surface area contributed by atoms with E-state index in [1.54, 1.807) is 13.0 Å². The Bertz CT molecular complexity index is 3090. The maximum Gasteiger partial charge on any atom is 0.338 e. The number of aliphatic hydroxyl groups is 8. The minimum atomic E-state index is -1.87. The number of ether oxygens (including phenoxy) is 4. The molecule has 4 aliphatic heterocycles. The fourth-order valence-electron chi connectivity index (χ4n) is 11.7. The first kappa shape index (κ1) is 62.2. The van der Waals surface area contributed by atoms with Crippen LogP contribution in [-0.4, -0.2) is 212 Å². The molecule has 3 aromatic rings. The number of aryl methyl sites for hydroxylation is 4. The molecule has 1 saturated carbocycles. The molecule has 0 spiro atoms. The molecule has 0 radical (unpaired) electrons. The predicted molar refractivity (Wildman–Crippen MR) is 292 cm³/mol. The van der Waals surface area contributed by atoms with Gasteiger partial charge in [0.15, 0.2) is 12.6 Å². The first-order valence-corrected chi connectivity index (χ1v) is 27.5. The Morgan fingerprint density at radius 2 is 1.43 bits per heavy atom. The molecular weight excluding hydrogens is 1070 g/mol. The third kappa shape index (κ3) is 12.4. The number of nitrogens with two attached hydrogens (primary N) is 3. The molecule has 0 aromatic carbocycles. The Hall–Kier alpha value is -5.86. The number of rotatable bonds is 18. The van der Waals surface area contributed by atoms with Crippen LogP contribution in [-0.2, 0) is 51.0 Å². The number of carbonyl (C=O) groups excluding carboxylic acids is 2. The van der Waals surface area contributed by atoms with Gasteiger partial charge in [-0.2, -0.15) is 0 Å².